The lowest BCUT2D eigenvalue weighted by Crippen LogP contribution is -1.99. The van der Waals surface area contributed by atoms with Crippen molar-refractivity contribution < 1.29 is 4.92 Å². The number of nitrogens with one attached hydrogen (secondary N) is 1. The second-order valence-corrected chi connectivity index (χ2v) is 5.27. The maximum Gasteiger partial charge on any atom is 0.270 e. The molecule has 0 fully saturated rings. The van der Waals surface area contributed by atoms with Crippen LogP contribution in [-0.2, 0) is 12.8 Å². The Kier molecular flexibility index (Phi) is 4.10. The van der Waals surface area contributed by atoms with Crippen LogP contribution in [0.4, 0.5) is 5.69 Å². The fourth-order valence-corrected chi connectivity index (χ4v) is 2.70. The van der Waals surface area contributed by atoms with E-state index in [4.69, 9.17) is 5.41 Å². The number of benzene rings is 2. The standard InChI is InChI=1S/C18H15N3O2/c19-12-18-13(6-7-15-3-1-2-10-20-15)4-5-14-11-16(21(22)23)8-9-17(14)18/h1-5,8-12,19H,6-7H2. The summed E-state index contributed by atoms with van der Waals surface area (Å²) in [5.74, 6) is 0. The summed E-state index contributed by atoms with van der Waals surface area (Å²) in [5.41, 5.74) is 2.93. The molecule has 0 amide bonds. The van der Waals surface area contributed by atoms with E-state index in [2.05, 4.69) is 4.98 Å². The van der Waals surface area contributed by atoms with Crippen LogP contribution < -0.4 is 0 Å². The Bertz CT molecular complexity index is 876. The molecule has 23 heavy (non-hydrogen) atoms. The van der Waals surface area contributed by atoms with E-state index in [-0.39, 0.29) is 5.69 Å². The lowest BCUT2D eigenvalue weighted by molar-refractivity contribution is -0.384. The average molecular weight is 305 g/mol. The van der Waals surface area contributed by atoms with Gasteiger partial charge in [-0.25, -0.2) is 0 Å². The van der Waals surface area contributed by atoms with Gasteiger partial charge in [-0.15, -0.1) is 0 Å². The Morgan fingerprint density at radius 1 is 1.13 bits per heavy atom. The van der Waals surface area contributed by atoms with Crippen molar-refractivity contribution in [3.05, 3.63) is 81.7 Å². The van der Waals surface area contributed by atoms with Crippen molar-refractivity contribution >= 4 is 22.7 Å². The number of nitro benzene ring substituents is 1. The predicted molar refractivity (Wildman–Crippen MR) is 90.1 cm³/mol. The zero-order valence-corrected chi connectivity index (χ0v) is 12.4. The largest absolute Gasteiger partial charge is 0.308 e. The van der Waals surface area contributed by atoms with E-state index in [9.17, 15) is 10.1 Å². The molecule has 1 N–H and O–H groups in total. The molecule has 5 nitrogen and oxygen atoms in total. The van der Waals surface area contributed by atoms with Crippen molar-refractivity contribution in [1.82, 2.24) is 4.98 Å². The molecular formula is C18H15N3O2. The van der Waals surface area contributed by atoms with E-state index >= 15 is 0 Å². The van der Waals surface area contributed by atoms with Gasteiger partial charge in [-0.05, 0) is 47.4 Å². The number of aromatic nitrogens is 1. The summed E-state index contributed by atoms with van der Waals surface area (Å²) in [6.07, 6.45) is 4.66. The SMILES string of the molecule is N=Cc1c(CCc2ccccn2)ccc2cc([N+](=O)[O-])ccc12. The number of rotatable bonds is 5. The molecule has 0 radical (unpaired) electrons. The van der Waals surface area contributed by atoms with E-state index in [0.29, 0.717) is 0 Å². The quantitative estimate of drug-likeness (QED) is 0.440. The van der Waals surface area contributed by atoms with Gasteiger partial charge in [0.1, 0.15) is 0 Å². The van der Waals surface area contributed by atoms with Crippen LogP contribution in [-0.4, -0.2) is 16.1 Å². The van der Waals surface area contributed by atoms with Crippen molar-refractivity contribution in [2.75, 3.05) is 0 Å². The first-order valence-electron chi connectivity index (χ1n) is 7.29. The molecule has 114 valence electrons. The minimum absolute atomic E-state index is 0.0645. The Hall–Kier alpha value is -3.08. The molecule has 1 aromatic heterocycles. The Morgan fingerprint density at radius 2 is 2.00 bits per heavy atom. The molecule has 0 saturated heterocycles. The maximum atomic E-state index is 10.9. The number of nitro groups is 1. The van der Waals surface area contributed by atoms with Gasteiger partial charge in [-0.3, -0.25) is 15.1 Å². The fourth-order valence-electron chi connectivity index (χ4n) is 2.70. The molecule has 2 aromatic carbocycles. The highest BCUT2D eigenvalue weighted by Crippen LogP contribution is 2.26. The van der Waals surface area contributed by atoms with E-state index in [1.807, 2.05) is 30.3 Å². The molecular weight excluding hydrogens is 290 g/mol. The molecule has 0 aliphatic carbocycles. The van der Waals surface area contributed by atoms with Gasteiger partial charge in [-0.2, -0.15) is 0 Å². The highest BCUT2D eigenvalue weighted by atomic mass is 16.6. The number of non-ortho nitro benzene ring substituents is 1. The zero-order valence-electron chi connectivity index (χ0n) is 12.4. The molecule has 3 rings (SSSR count). The summed E-state index contributed by atoms with van der Waals surface area (Å²) in [4.78, 5) is 14.8. The van der Waals surface area contributed by atoms with Gasteiger partial charge >= 0.3 is 0 Å². The first-order chi connectivity index (χ1) is 11.2. The minimum Gasteiger partial charge on any atom is -0.308 e. The lowest BCUT2D eigenvalue weighted by Gasteiger charge is -2.09. The molecule has 1 heterocycles. The third-order valence-corrected chi connectivity index (χ3v) is 3.87. The number of nitrogens with zero attached hydrogens (tertiary/aromatic N) is 2. The highest BCUT2D eigenvalue weighted by molar-refractivity contribution is 6.01. The van der Waals surface area contributed by atoms with Gasteiger partial charge in [0.15, 0.2) is 0 Å². The molecule has 5 heteroatoms. The number of fused-ring (bicyclic) bond motifs is 1. The molecule has 0 saturated carbocycles. The summed E-state index contributed by atoms with van der Waals surface area (Å²) in [6.45, 7) is 0. The first-order valence-corrected chi connectivity index (χ1v) is 7.29. The van der Waals surface area contributed by atoms with E-state index < -0.39 is 4.92 Å². The van der Waals surface area contributed by atoms with E-state index in [0.717, 1.165) is 40.4 Å². The van der Waals surface area contributed by atoms with E-state index in [1.54, 1.807) is 18.3 Å². The van der Waals surface area contributed by atoms with Gasteiger partial charge in [0.25, 0.3) is 5.69 Å². The molecule has 0 spiro atoms. The van der Waals surface area contributed by atoms with Crippen LogP contribution in [0.3, 0.4) is 0 Å². The lowest BCUT2D eigenvalue weighted by atomic mass is 9.96. The summed E-state index contributed by atoms with van der Waals surface area (Å²) in [5, 5.41) is 20.2. The van der Waals surface area contributed by atoms with Gasteiger partial charge in [0.2, 0.25) is 0 Å². The van der Waals surface area contributed by atoms with Crippen LogP contribution in [0.15, 0.2) is 54.7 Å². The van der Waals surface area contributed by atoms with Crippen molar-refractivity contribution in [3.8, 4) is 0 Å². The number of pyridine rings is 1. The zero-order chi connectivity index (χ0) is 16.2. The maximum absolute atomic E-state index is 10.9. The predicted octanol–water partition coefficient (Wildman–Crippen LogP) is 3.93. The van der Waals surface area contributed by atoms with Crippen LogP contribution in [0.2, 0.25) is 0 Å². The van der Waals surface area contributed by atoms with Crippen LogP contribution in [0.5, 0.6) is 0 Å². The molecule has 0 atom stereocenters. The molecule has 0 aliphatic rings. The number of hydrogen-bond acceptors (Lipinski definition) is 4. The molecule has 0 aliphatic heterocycles. The van der Waals surface area contributed by atoms with Gasteiger partial charge < -0.3 is 5.41 Å². The average Bonchev–Trinajstić information content (AvgIpc) is 2.59. The Balaban J connectivity index is 1.96. The highest BCUT2D eigenvalue weighted by Gasteiger charge is 2.11. The number of aryl methyl sites for hydroxylation is 2. The van der Waals surface area contributed by atoms with Crippen molar-refractivity contribution in [2.24, 2.45) is 0 Å². The molecule has 0 unspecified atom stereocenters. The first kappa shape index (κ1) is 14.8. The topological polar surface area (TPSA) is 79.9 Å². The van der Waals surface area contributed by atoms with Gasteiger partial charge in [-0.1, -0.05) is 18.2 Å². The smallest absolute Gasteiger partial charge is 0.270 e. The summed E-state index contributed by atoms with van der Waals surface area (Å²) in [7, 11) is 0. The summed E-state index contributed by atoms with van der Waals surface area (Å²) < 4.78 is 0. The Morgan fingerprint density at radius 3 is 2.70 bits per heavy atom. The summed E-state index contributed by atoms with van der Waals surface area (Å²) >= 11 is 0. The number of hydrogen-bond donors (Lipinski definition) is 1. The van der Waals surface area contributed by atoms with E-state index in [1.165, 1.54) is 12.3 Å². The molecule has 3 aromatic rings. The van der Waals surface area contributed by atoms with Crippen LogP contribution in [0, 0.1) is 15.5 Å². The monoisotopic (exact) mass is 305 g/mol. The van der Waals surface area contributed by atoms with Crippen molar-refractivity contribution in [1.29, 1.82) is 5.41 Å². The summed E-state index contributed by atoms with van der Waals surface area (Å²) in [6, 6.07) is 14.4. The second-order valence-electron chi connectivity index (χ2n) is 5.27. The van der Waals surface area contributed by atoms with Gasteiger partial charge in [0.05, 0.1) is 4.92 Å². The Labute approximate surface area is 133 Å². The van der Waals surface area contributed by atoms with Gasteiger partial charge in [0, 0.05) is 35.8 Å². The van der Waals surface area contributed by atoms with Crippen molar-refractivity contribution in [2.45, 2.75) is 12.8 Å². The van der Waals surface area contributed by atoms with Crippen LogP contribution in [0.1, 0.15) is 16.8 Å². The minimum atomic E-state index is -0.404. The normalized spacial score (nSPS) is 10.6. The third kappa shape index (κ3) is 3.08. The van der Waals surface area contributed by atoms with Crippen LogP contribution in [0.25, 0.3) is 10.8 Å². The van der Waals surface area contributed by atoms with Crippen molar-refractivity contribution in [3.63, 3.8) is 0 Å². The molecule has 0 bridgehead atoms. The second kappa shape index (κ2) is 6.36. The van der Waals surface area contributed by atoms with Crippen LogP contribution >= 0.6 is 0 Å². The third-order valence-electron chi connectivity index (χ3n) is 3.87. The fraction of sp³-hybridized carbons (Fsp3) is 0.111.